The van der Waals surface area contributed by atoms with E-state index in [-0.39, 0.29) is 33.3 Å². The lowest BCUT2D eigenvalue weighted by molar-refractivity contribution is -0.868. The molecule has 0 amide bonds. The molecule has 0 saturated carbocycles. The average Bonchev–Trinajstić information content (AvgIpc) is 3.14. The number of likely N-dealkylation sites (N-methyl/N-ethyl adjacent to an activating group) is 2. The third kappa shape index (κ3) is 6.73. The number of aromatic nitrogens is 1. The van der Waals surface area contributed by atoms with Gasteiger partial charge in [-0.25, -0.2) is 4.98 Å². The van der Waals surface area contributed by atoms with Crippen LogP contribution in [0.3, 0.4) is 0 Å². The maximum absolute atomic E-state index is 11.3. The van der Waals surface area contributed by atoms with Gasteiger partial charge < -0.3 is 26.4 Å². The minimum Gasteiger partial charge on any atom is -1.00 e. The van der Waals surface area contributed by atoms with Crippen LogP contribution in [0.5, 0.6) is 0 Å². The lowest BCUT2D eigenvalue weighted by Gasteiger charge is -2.29. The molecular formula is C20H24BrN7O4S. The van der Waals surface area contributed by atoms with E-state index < -0.39 is 15.5 Å². The zero-order chi connectivity index (χ0) is 23.5. The number of fused-ring (bicyclic) bond motifs is 1. The smallest absolute Gasteiger partial charge is 0.303 e. The molecule has 3 aromatic rings. The Kier molecular flexibility index (Phi) is 8.52. The first-order chi connectivity index (χ1) is 15.1. The molecule has 3 rings (SSSR count). The number of nitrogens with zero attached hydrogens (tertiary/aromatic N) is 7. The van der Waals surface area contributed by atoms with Crippen molar-refractivity contribution in [1.82, 2.24) is 4.98 Å². The van der Waals surface area contributed by atoms with Gasteiger partial charge in [-0.2, -0.15) is 0 Å². The molecule has 11 nitrogen and oxygen atoms in total. The number of nitro benzene ring substituents is 2. The molecule has 2 aromatic carbocycles. The summed E-state index contributed by atoms with van der Waals surface area (Å²) >= 11 is 1.01. The molecule has 33 heavy (non-hydrogen) atoms. The number of non-ortho nitro benzene ring substituents is 2. The van der Waals surface area contributed by atoms with Crippen molar-refractivity contribution < 1.29 is 31.3 Å². The highest BCUT2D eigenvalue weighted by Gasteiger charge is 2.22. The maximum atomic E-state index is 11.3. The second-order valence-corrected chi connectivity index (χ2v) is 9.14. The molecule has 0 aliphatic heterocycles. The van der Waals surface area contributed by atoms with Gasteiger partial charge in [0.2, 0.25) is 5.13 Å². The summed E-state index contributed by atoms with van der Waals surface area (Å²) in [6.45, 7) is 4.94. The fourth-order valence-corrected chi connectivity index (χ4v) is 3.84. The predicted molar refractivity (Wildman–Crippen MR) is 124 cm³/mol. The summed E-state index contributed by atoms with van der Waals surface area (Å²) in [7, 11) is 6.48. The molecule has 0 aliphatic rings. The molecule has 0 saturated heterocycles. The third-order valence-corrected chi connectivity index (χ3v) is 5.63. The first-order valence-corrected chi connectivity index (χ1v) is 10.7. The first-order valence-electron chi connectivity index (χ1n) is 9.88. The molecule has 0 fully saturated rings. The van der Waals surface area contributed by atoms with Crippen molar-refractivity contribution in [2.24, 2.45) is 10.2 Å². The normalized spacial score (nSPS) is 11.5. The van der Waals surface area contributed by atoms with E-state index in [0.29, 0.717) is 10.4 Å². The summed E-state index contributed by atoms with van der Waals surface area (Å²) in [5.41, 5.74) is 0.965. The van der Waals surface area contributed by atoms with E-state index >= 15 is 0 Å². The van der Waals surface area contributed by atoms with Crippen LogP contribution in [0, 0.1) is 20.2 Å². The van der Waals surface area contributed by atoms with Crippen LogP contribution < -0.4 is 21.9 Å². The Hall–Kier alpha value is -3.03. The van der Waals surface area contributed by atoms with Crippen molar-refractivity contribution in [3.05, 3.63) is 56.6 Å². The number of hydrogen-bond donors (Lipinski definition) is 0. The second kappa shape index (κ2) is 10.7. The number of thiazole rings is 1. The fourth-order valence-electron chi connectivity index (χ4n) is 2.99. The molecule has 0 aliphatic carbocycles. The van der Waals surface area contributed by atoms with Gasteiger partial charge in [-0.15, -0.1) is 10.2 Å². The summed E-state index contributed by atoms with van der Waals surface area (Å²) in [6.07, 6.45) is 0. The second-order valence-electron chi connectivity index (χ2n) is 8.13. The molecular weight excluding hydrogens is 514 g/mol. The van der Waals surface area contributed by atoms with E-state index in [0.717, 1.165) is 47.2 Å². The summed E-state index contributed by atoms with van der Waals surface area (Å²) in [6, 6.07) is 9.78. The van der Waals surface area contributed by atoms with Crippen LogP contribution in [0.2, 0.25) is 0 Å². The number of halogens is 1. The van der Waals surface area contributed by atoms with Gasteiger partial charge in [-0.1, -0.05) is 11.3 Å². The predicted octanol–water partition coefficient (Wildman–Crippen LogP) is 2.06. The third-order valence-electron chi connectivity index (χ3n) is 4.74. The van der Waals surface area contributed by atoms with Gasteiger partial charge in [0.05, 0.1) is 60.5 Å². The van der Waals surface area contributed by atoms with Gasteiger partial charge in [-0.3, -0.25) is 20.2 Å². The van der Waals surface area contributed by atoms with Gasteiger partial charge in [0.25, 0.3) is 5.69 Å². The zero-order valence-electron chi connectivity index (χ0n) is 18.6. The Balaban J connectivity index is 0.00000385. The standard InChI is InChI=1S/C20H24N7O4S.BrH/c1-5-24(10-11-27(2,3)4)15-8-6-14(7-9-15)22-23-20-21-19-17(26(30)31)12-16(25(28)29)13-18(19)32-20;/h6-9,12-13H,5,10-11H2,1-4H3;1H/q+1;/p-1/b23-22+;. The number of rotatable bonds is 9. The molecule has 13 heteroatoms. The number of nitro groups is 2. The number of hydrogen-bond acceptors (Lipinski definition) is 9. The van der Waals surface area contributed by atoms with Crippen molar-refractivity contribution in [3.63, 3.8) is 0 Å². The zero-order valence-corrected chi connectivity index (χ0v) is 21.0. The van der Waals surface area contributed by atoms with Crippen LogP contribution in [0.15, 0.2) is 46.6 Å². The molecule has 0 atom stereocenters. The van der Waals surface area contributed by atoms with Crippen molar-refractivity contribution in [2.45, 2.75) is 6.92 Å². The number of azo groups is 1. The fraction of sp³-hybridized carbons (Fsp3) is 0.350. The van der Waals surface area contributed by atoms with Gasteiger partial charge >= 0.3 is 5.69 Å². The molecule has 0 N–H and O–H groups in total. The van der Waals surface area contributed by atoms with Gasteiger partial charge in [0.15, 0.2) is 5.52 Å². The molecule has 0 bridgehead atoms. The van der Waals surface area contributed by atoms with E-state index in [1.807, 2.05) is 24.3 Å². The van der Waals surface area contributed by atoms with Crippen LogP contribution in [-0.4, -0.2) is 60.1 Å². The Labute approximate surface area is 205 Å². The lowest BCUT2D eigenvalue weighted by Crippen LogP contribution is -3.00. The number of anilines is 1. The SMILES string of the molecule is CCN(CC[N+](C)(C)C)c1ccc(/N=N/c2nc3c([N+](=O)[O-])cc([N+](=O)[O-])cc3s2)cc1.[Br-]. The average molecular weight is 538 g/mol. The molecule has 0 spiro atoms. The van der Waals surface area contributed by atoms with Crippen LogP contribution >= 0.6 is 11.3 Å². The summed E-state index contributed by atoms with van der Waals surface area (Å²) in [4.78, 5) is 27.4. The highest BCUT2D eigenvalue weighted by Crippen LogP contribution is 2.37. The van der Waals surface area contributed by atoms with Gasteiger partial charge in [0.1, 0.15) is 0 Å². The van der Waals surface area contributed by atoms with E-state index in [1.54, 1.807) is 0 Å². The van der Waals surface area contributed by atoms with Crippen LogP contribution in [-0.2, 0) is 0 Å². The van der Waals surface area contributed by atoms with Crippen molar-refractivity contribution in [2.75, 3.05) is 45.7 Å². The van der Waals surface area contributed by atoms with Crippen LogP contribution in [0.1, 0.15) is 6.92 Å². The van der Waals surface area contributed by atoms with E-state index in [4.69, 9.17) is 0 Å². The van der Waals surface area contributed by atoms with E-state index in [2.05, 4.69) is 48.2 Å². The molecule has 0 radical (unpaired) electrons. The monoisotopic (exact) mass is 537 g/mol. The maximum Gasteiger partial charge on any atom is 0.303 e. The van der Waals surface area contributed by atoms with Crippen molar-refractivity contribution >= 4 is 49.4 Å². The molecule has 1 heterocycles. The van der Waals surface area contributed by atoms with E-state index in [9.17, 15) is 20.2 Å². The van der Waals surface area contributed by atoms with Crippen LogP contribution in [0.25, 0.3) is 10.2 Å². The Morgan fingerprint density at radius 2 is 1.73 bits per heavy atom. The first kappa shape index (κ1) is 26.2. The highest BCUT2D eigenvalue weighted by atomic mass is 79.9. The van der Waals surface area contributed by atoms with Gasteiger partial charge in [0, 0.05) is 18.3 Å². The largest absolute Gasteiger partial charge is 1.00 e. The topological polar surface area (TPSA) is 127 Å². The summed E-state index contributed by atoms with van der Waals surface area (Å²) in [5, 5.41) is 30.7. The minimum absolute atomic E-state index is 0. The van der Waals surface area contributed by atoms with E-state index in [1.165, 1.54) is 6.07 Å². The quantitative estimate of drug-likeness (QED) is 0.178. The summed E-state index contributed by atoms with van der Waals surface area (Å²) in [5.74, 6) is 0. The lowest BCUT2D eigenvalue weighted by atomic mass is 10.2. The van der Waals surface area contributed by atoms with Crippen molar-refractivity contribution in [1.29, 1.82) is 0 Å². The molecule has 1 aromatic heterocycles. The molecule has 0 unspecified atom stereocenters. The summed E-state index contributed by atoms with van der Waals surface area (Å²) < 4.78 is 1.19. The van der Waals surface area contributed by atoms with Gasteiger partial charge in [-0.05, 0) is 31.2 Å². The Morgan fingerprint density at radius 3 is 2.27 bits per heavy atom. The minimum atomic E-state index is -0.688. The molecule has 176 valence electrons. The number of quaternary nitrogens is 1. The Morgan fingerprint density at radius 1 is 1.06 bits per heavy atom. The van der Waals surface area contributed by atoms with Crippen LogP contribution in [0.4, 0.5) is 27.9 Å². The number of benzene rings is 2. The Bertz CT molecular complexity index is 1180. The van der Waals surface area contributed by atoms with Crippen molar-refractivity contribution in [3.8, 4) is 0 Å². The highest BCUT2D eigenvalue weighted by molar-refractivity contribution is 7.22.